The highest BCUT2D eigenvalue weighted by Gasteiger charge is 2.17. The van der Waals surface area contributed by atoms with E-state index in [4.69, 9.17) is 0 Å². The molecule has 0 bridgehead atoms. The lowest BCUT2D eigenvalue weighted by Crippen LogP contribution is -2.30. The Hall–Kier alpha value is -2.57. The van der Waals surface area contributed by atoms with E-state index < -0.39 is 0 Å². The summed E-state index contributed by atoms with van der Waals surface area (Å²) < 4.78 is 1.93. The smallest absolute Gasteiger partial charge is 0.267 e. The first-order valence-corrected chi connectivity index (χ1v) is 6.83. The molecular formula is C14H18N6O. The minimum absolute atomic E-state index is 0.0847. The van der Waals surface area contributed by atoms with Gasteiger partial charge in [0.25, 0.3) is 5.91 Å². The lowest BCUT2D eigenvalue weighted by atomic mass is 10.2. The summed E-state index contributed by atoms with van der Waals surface area (Å²) in [6, 6.07) is 1.91. The van der Waals surface area contributed by atoms with Gasteiger partial charge in [0, 0.05) is 25.5 Å². The second-order valence-corrected chi connectivity index (χ2v) is 5.34. The molecular weight excluding hydrogens is 268 g/mol. The molecule has 0 spiro atoms. The van der Waals surface area contributed by atoms with Crippen LogP contribution in [0.2, 0.25) is 0 Å². The number of hydrogen-bond donors (Lipinski definition) is 3. The molecule has 0 aliphatic rings. The van der Waals surface area contributed by atoms with Gasteiger partial charge in [-0.05, 0) is 19.9 Å². The van der Waals surface area contributed by atoms with E-state index in [1.165, 1.54) is 0 Å². The molecule has 7 nitrogen and oxygen atoms in total. The van der Waals surface area contributed by atoms with E-state index in [0.29, 0.717) is 17.2 Å². The number of carbonyl (C=O) groups excluding carboxylic acids is 1. The van der Waals surface area contributed by atoms with Crippen molar-refractivity contribution >= 4 is 33.8 Å². The Morgan fingerprint density at radius 2 is 2.19 bits per heavy atom. The number of amides is 1. The third kappa shape index (κ3) is 2.10. The number of nitrogens with zero attached hydrogens (tertiary/aromatic N) is 3. The van der Waals surface area contributed by atoms with Crippen LogP contribution in [0, 0.1) is 0 Å². The second kappa shape index (κ2) is 4.76. The highest BCUT2D eigenvalue weighted by molar-refractivity contribution is 6.09. The van der Waals surface area contributed by atoms with E-state index in [1.807, 2.05) is 31.5 Å². The number of anilines is 1. The van der Waals surface area contributed by atoms with Crippen LogP contribution in [0.4, 0.5) is 5.82 Å². The van der Waals surface area contributed by atoms with Crippen molar-refractivity contribution in [2.75, 3.05) is 12.4 Å². The lowest BCUT2D eigenvalue weighted by molar-refractivity contribution is 0.0939. The van der Waals surface area contributed by atoms with Gasteiger partial charge in [0.15, 0.2) is 5.82 Å². The van der Waals surface area contributed by atoms with Gasteiger partial charge in [0.05, 0.1) is 11.8 Å². The maximum atomic E-state index is 12.1. The highest BCUT2D eigenvalue weighted by atomic mass is 16.1. The molecule has 3 heterocycles. The number of aromatic amines is 1. The van der Waals surface area contributed by atoms with Crippen LogP contribution in [-0.4, -0.2) is 38.5 Å². The SMILES string of the molecule is CNc1nc2[nH]c(C(=O)NC(C)C)cc2c2c1ncn2C. The molecule has 3 aromatic rings. The molecule has 3 N–H and O–H groups in total. The Labute approximate surface area is 121 Å². The molecule has 0 fully saturated rings. The first-order chi connectivity index (χ1) is 10.0. The van der Waals surface area contributed by atoms with Crippen LogP contribution in [-0.2, 0) is 7.05 Å². The zero-order chi connectivity index (χ0) is 15.1. The number of fused-ring (bicyclic) bond motifs is 3. The zero-order valence-electron chi connectivity index (χ0n) is 12.5. The lowest BCUT2D eigenvalue weighted by Gasteiger charge is -2.05. The topological polar surface area (TPSA) is 87.6 Å². The van der Waals surface area contributed by atoms with Crippen molar-refractivity contribution in [1.82, 2.24) is 24.8 Å². The van der Waals surface area contributed by atoms with Gasteiger partial charge < -0.3 is 20.2 Å². The average molecular weight is 286 g/mol. The number of aromatic nitrogens is 4. The van der Waals surface area contributed by atoms with Gasteiger partial charge in [-0.15, -0.1) is 0 Å². The molecule has 0 aliphatic heterocycles. The Bertz CT molecular complexity index is 829. The van der Waals surface area contributed by atoms with Crippen LogP contribution >= 0.6 is 0 Å². The minimum atomic E-state index is -0.135. The first-order valence-electron chi connectivity index (χ1n) is 6.83. The molecule has 0 aromatic carbocycles. The van der Waals surface area contributed by atoms with E-state index >= 15 is 0 Å². The van der Waals surface area contributed by atoms with Gasteiger partial charge in [0.1, 0.15) is 16.9 Å². The predicted molar refractivity (Wildman–Crippen MR) is 82.5 cm³/mol. The molecule has 0 saturated heterocycles. The number of hydrogen-bond acceptors (Lipinski definition) is 4. The number of nitrogens with one attached hydrogen (secondary N) is 3. The third-order valence-corrected chi connectivity index (χ3v) is 3.34. The molecule has 0 atom stereocenters. The molecule has 110 valence electrons. The summed E-state index contributed by atoms with van der Waals surface area (Å²) in [7, 11) is 3.73. The number of carbonyl (C=O) groups is 1. The molecule has 0 radical (unpaired) electrons. The fourth-order valence-corrected chi connectivity index (χ4v) is 2.43. The first kappa shape index (κ1) is 13.4. The summed E-state index contributed by atoms with van der Waals surface area (Å²) in [6.45, 7) is 3.86. The van der Waals surface area contributed by atoms with Crippen molar-refractivity contribution in [3.63, 3.8) is 0 Å². The molecule has 21 heavy (non-hydrogen) atoms. The second-order valence-electron chi connectivity index (χ2n) is 5.34. The molecule has 7 heteroatoms. The zero-order valence-corrected chi connectivity index (χ0v) is 12.5. The summed E-state index contributed by atoms with van der Waals surface area (Å²) in [4.78, 5) is 24.1. The van der Waals surface area contributed by atoms with Crippen LogP contribution in [0.25, 0.3) is 22.1 Å². The van der Waals surface area contributed by atoms with Crippen molar-refractivity contribution < 1.29 is 4.79 Å². The van der Waals surface area contributed by atoms with Crippen LogP contribution in [0.15, 0.2) is 12.4 Å². The van der Waals surface area contributed by atoms with Crippen LogP contribution in [0.1, 0.15) is 24.3 Å². The molecule has 3 rings (SSSR count). The Balaban J connectivity index is 2.23. The summed E-state index contributed by atoms with van der Waals surface area (Å²) in [5.41, 5.74) is 2.91. The van der Waals surface area contributed by atoms with Crippen molar-refractivity contribution in [2.24, 2.45) is 7.05 Å². The van der Waals surface area contributed by atoms with Gasteiger partial charge in [-0.2, -0.15) is 0 Å². The Morgan fingerprint density at radius 3 is 2.86 bits per heavy atom. The fraction of sp³-hybridized carbons (Fsp3) is 0.357. The van der Waals surface area contributed by atoms with E-state index in [0.717, 1.165) is 16.4 Å². The van der Waals surface area contributed by atoms with Crippen LogP contribution in [0.3, 0.4) is 0 Å². The maximum Gasteiger partial charge on any atom is 0.267 e. The number of imidazole rings is 1. The van der Waals surface area contributed by atoms with E-state index in [-0.39, 0.29) is 11.9 Å². The van der Waals surface area contributed by atoms with Crippen molar-refractivity contribution in [1.29, 1.82) is 0 Å². The standard InChI is InChI=1S/C14H18N6O/c1-7(2)17-14(21)9-5-8-11-10(16-6-20(11)4)13(15-3)19-12(8)18-9/h5-7H,1-4H3,(H,17,21)(H2,15,18,19). The van der Waals surface area contributed by atoms with E-state index in [2.05, 4.69) is 25.6 Å². The van der Waals surface area contributed by atoms with E-state index in [1.54, 1.807) is 13.4 Å². The molecule has 0 unspecified atom stereocenters. The number of pyridine rings is 1. The highest BCUT2D eigenvalue weighted by Crippen LogP contribution is 2.28. The van der Waals surface area contributed by atoms with Crippen molar-refractivity contribution in [3.05, 3.63) is 18.1 Å². The third-order valence-electron chi connectivity index (χ3n) is 3.34. The fourth-order valence-electron chi connectivity index (χ4n) is 2.43. The number of aryl methyl sites for hydroxylation is 1. The predicted octanol–water partition coefficient (Wildman–Crippen LogP) is 1.63. The van der Waals surface area contributed by atoms with Gasteiger partial charge in [-0.1, -0.05) is 0 Å². The van der Waals surface area contributed by atoms with Gasteiger partial charge >= 0.3 is 0 Å². The summed E-state index contributed by atoms with van der Waals surface area (Å²) in [5, 5.41) is 6.79. The summed E-state index contributed by atoms with van der Waals surface area (Å²) >= 11 is 0. The maximum absolute atomic E-state index is 12.1. The van der Waals surface area contributed by atoms with Gasteiger partial charge in [0.2, 0.25) is 0 Å². The van der Waals surface area contributed by atoms with Gasteiger partial charge in [-0.3, -0.25) is 4.79 Å². The molecule has 0 aliphatic carbocycles. The summed E-state index contributed by atoms with van der Waals surface area (Å²) in [6.07, 6.45) is 1.74. The van der Waals surface area contributed by atoms with E-state index in [9.17, 15) is 4.79 Å². The quantitative estimate of drug-likeness (QED) is 0.683. The molecule has 1 amide bonds. The molecule has 3 aromatic heterocycles. The number of rotatable bonds is 3. The average Bonchev–Trinajstić information content (AvgIpc) is 3.00. The van der Waals surface area contributed by atoms with Crippen molar-refractivity contribution in [3.8, 4) is 0 Å². The minimum Gasteiger partial charge on any atom is -0.371 e. The normalized spacial score (nSPS) is 11.5. The monoisotopic (exact) mass is 286 g/mol. The van der Waals surface area contributed by atoms with Crippen molar-refractivity contribution in [2.45, 2.75) is 19.9 Å². The van der Waals surface area contributed by atoms with Crippen LogP contribution < -0.4 is 10.6 Å². The van der Waals surface area contributed by atoms with Gasteiger partial charge in [-0.25, -0.2) is 9.97 Å². The molecule has 0 saturated carbocycles. The number of H-pyrrole nitrogens is 1. The largest absolute Gasteiger partial charge is 0.371 e. The summed E-state index contributed by atoms with van der Waals surface area (Å²) in [5.74, 6) is 0.556. The Morgan fingerprint density at radius 1 is 1.43 bits per heavy atom. The van der Waals surface area contributed by atoms with Crippen LogP contribution in [0.5, 0.6) is 0 Å². The Kier molecular flexibility index (Phi) is 3.04.